The SMILES string of the molecule is [C-]#[N+]c1ccc2cc1Oc1ccc3cccc(c3c1)NC(=O)CN(C)Cc1cncn1C2. The van der Waals surface area contributed by atoms with Gasteiger partial charge in [-0.15, -0.1) is 0 Å². The summed E-state index contributed by atoms with van der Waals surface area (Å²) in [5, 5.41) is 4.90. The Labute approximate surface area is 185 Å². The maximum atomic E-state index is 12.7. The molecule has 7 heteroatoms. The molecular formula is C25H21N5O2. The third-order valence-electron chi connectivity index (χ3n) is 5.50. The number of nitrogens with one attached hydrogen (secondary N) is 1. The number of anilines is 1. The standard InChI is InChI=1S/C25H21N5O2/c1-26-23-9-6-17-10-24(23)32-20-8-7-18-4-3-5-22(21(18)11-20)28-25(31)15-29(2)14-19-12-27-16-30(19)13-17/h3-12,16H,13-15H2,2H3,(H,28,31). The van der Waals surface area contributed by atoms with E-state index in [1.54, 1.807) is 12.4 Å². The number of benzene rings is 3. The number of hydrogen-bond donors (Lipinski definition) is 1. The van der Waals surface area contributed by atoms with E-state index < -0.39 is 0 Å². The molecule has 1 aromatic heterocycles. The summed E-state index contributed by atoms with van der Waals surface area (Å²) in [6.07, 6.45) is 3.59. The quantitative estimate of drug-likeness (QED) is 0.412. The molecule has 4 bridgehead atoms. The molecule has 0 saturated carbocycles. The van der Waals surface area contributed by atoms with Crippen LogP contribution in [-0.2, 0) is 17.9 Å². The predicted octanol–water partition coefficient (Wildman–Crippen LogP) is 4.81. The number of carbonyl (C=O) groups excluding carboxylic acids is 1. The van der Waals surface area contributed by atoms with Crippen LogP contribution in [0.3, 0.4) is 0 Å². The van der Waals surface area contributed by atoms with Crippen LogP contribution in [0.15, 0.2) is 67.1 Å². The topological polar surface area (TPSA) is 63.8 Å². The van der Waals surface area contributed by atoms with Crippen LogP contribution in [0.25, 0.3) is 15.6 Å². The summed E-state index contributed by atoms with van der Waals surface area (Å²) in [6.45, 7) is 8.95. The van der Waals surface area contributed by atoms with Gasteiger partial charge in [-0.05, 0) is 42.3 Å². The van der Waals surface area contributed by atoms with E-state index in [-0.39, 0.29) is 12.5 Å². The highest BCUT2D eigenvalue weighted by Gasteiger charge is 2.14. The first-order valence-electron chi connectivity index (χ1n) is 10.3. The molecule has 158 valence electrons. The minimum atomic E-state index is -0.0926. The van der Waals surface area contributed by atoms with Gasteiger partial charge in [0.1, 0.15) is 11.5 Å². The summed E-state index contributed by atoms with van der Waals surface area (Å²) >= 11 is 0. The molecule has 32 heavy (non-hydrogen) atoms. The lowest BCUT2D eigenvalue weighted by atomic mass is 10.1. The summed E-state index contributed by atoms with van der Waals surface area (Å²) in [5.74, 6) is 1.02. The molecule has 0 radical (unpaired) electrons. The minimum absolute atomic E-state index is 0.0926. The van der Waals surface area contributed by atoms with E-state index in [1.807, 2.05) is 71.2 Å². The fourth-order valence-corrected chi connectivity index (χ4v) is 3.97. The molecule has 1 aliphatic rings. The number of aromatic nitrogens is 2. The lowest BCUT2D eigenvalue weighted by Crippen LogP contribution is -2.30. The molecule has 0 spiro atoms. The van der Waals surface area contributed by atoms with Gasteiger partial charge in [-0.25, -0.2) is 9.83 Å². The van der Waals surface area contributed by atoms with E-state index in [0.717, 1.165) is 27.7 Å². The smallest absolute Gasteiger partial charge is 0.238 e. The van der Waals surface area contributed by atoms with Gasteiger partial charge in [0.25, 0.3) is 0 Å². The monoisotopic (exact) mass is 423 g/mol. The molecular weight excluding hydrogens is 402 g/mol. The second-order valence-electron chi connectivity index (χ2n) is 7.94. The zero-order valence-corrected chi connectivity index (χ0v) is 17.6. The van der Waals surface area contributed by atoms with Crippen LogP contribution in [0.4, 0.5) is 11.4 Å². The van der Waals surface area contributed by atoms with Crippen molar-refractivity contribution < 1.29 is 9.53 Å². The molecule has 1 N–H and O–H groups in total. The first-order valence-corrected chi connectivity index (χ1v) is 10.3. The summed E-state index contributed by atoms with van der Waals surface area (Å²) in [4.78, 5) is 22.6. The first-order chi connectivity index (χ1) is 15.6. The van der Waals surface area contributed by atoms with Crippen LogP contribution in [0.1, 0.15) is 11.3 Å². The van der Waals surface area contributed by atoms with Crippen molar-refractivity contribution in [2.45, 2.75) is 13.1 Å². The van der Waals surface area contributed by atoms with Crippen molar-refractivity contribution in [3.63, 3.8) is 0 Å². The van der Waals surface area contributed by atoms with E-state index >= 15 is 0 Å². The Morgan fingerprint density at radius 3 is 2.88 bits per heavy atom. The van der Waals surface area contributed by atoms with Crippen LogP contribution in [0, 0.1) is 6.57 Å². The highest BCUT2D eigenvalue weighted by atomic mass is 16.5. The fraction of sp³-hybridized carbons (Fsp3) is 0.160. The molecule has 7 nitrogen and oxygen atoms in total. The molecule has 2 heterocycles. The third-order valence-corrected chi connectivity index (χ3v) is 5.50. The average molecular weight is 423 g/mol. The van der Waals surface area contributed by atoms with E-state index in [9.17, 15) is 4.79 Å². The maximum Gasteiger partial charge on any atom is 0.238 e. The lowest BCUT2D eigenvalue weighted by Gasteiger charge is -2.19. The van der Waals surface area contributed by atoms with Crippen molar-refractivity contribution in [1.82, 2.24) is 14.5 Å². The minimum Gasteiger partial charge on any atom is -0.468 e. The number of imidazole rings is 1. The van der Waals surface area contributed by atoms with Gasteiger partial charge in [0, 0.05) is 30.4 Å². The zero-order valence-electron chi connectivity index (χ0n) is 17.6. The van der Waals surface area contributed by atoms with Crippen molar-refractivity contribution in [3.05, 3.63) is 89.8 Å². The van der Waals surface area contributed by atoms with Gasteiger partial charge in [0.05, 0.1) is 25.1 Å². The van der Waals surface area contributed by atoms with Gasteiger partial charge in [0.15, 0.2) is 0 Å². The van der Waals surface area contributed by atoms with Crippen molar-refractivity contribution >= 4 is 28.1 Å². The highest BCUT2D eigenvalue weighted by molar-refractivity contribution is 6.03. The number of nitrogens with zero attached hydrogens (tertiary/aromatic N) is 4. The van der Waals surface area contributed by atoms with Crippen LogP contribution < -0.4 is 10.1 Å². The summed E-state index contributed by atoms with van der Waals surface area (Å²) in [7, 11) is 1.91. The highest BCUT2D eigenvalue weighted by Crippen LogP contribution is 2.35. The number of amides is 1. The Hall–Kier alpha value is -4.15. The molecule has 0 atom stereocenters. The van der Waals surface area contributed by atoms with E-state index in [4.69, 9.17) is 11.3 Å². The van der Waals surface area contributed by atoms with Crippen molar-refractivity contribution in [1.29, 1.82) is 0 Å². The molecule has 3 aromatic carbocycles. The Bertz CT molecular complexity index is 1370. The molecule has 5 rings (SSSR count). The average Bonchev–Trinajstić information content (AvgIpc) is 3.20. The molecule has 0 unspecified atom stereocenters. The first kappa shape index (κ1) is 19.8. The normalized spacial score (nSPS) is 14.4. The van der Waals surface area contributed by atoms with Crippen LogP contribution >= 0.6 is 0 Å². The molecule has 0 aliphatic carbocycles. The summed E-state index contributed by atoms with van der Waals surface area (Å²) in [5.41, 5.74) is 3.17. The number of hydrogen-bond acceptors (Lipinski definition) is 4. The largest absolute Gasteiger partial charge is 0.468 e. The molecule has 1 aliphatic heterocycles. The number of fused-ring (bicyclic) bond motifs is 4. The van der Waals surface area contributed by atoms with E-state index in [1.165, 1.54) is 0 Å². The molecule has 4 aromatic rings. The Balaban J connectivity index is 1.63. The van der Waals surface area contributed by atoms with Gasteiger partial charge >= 0.3 is 0 Å². The van der Waals surface area contributed by atoms with Gasteiger partial charge in [-0.2, -0.15) is 0 Å². The van der Waals surface area contributed by atoms with Crippen molar-refractivity contribution in [2.75, 3.05) is 18.9 Å². The van der Waals surface area contributed by atoms with Gasteiger partial charge < -0.3 is 14.6 Å². The number of likely N-dealkylation sites (N-methyl/N-ethyl adjacent to an activating group) is 1. The van der Waals surface area contributed by atoms with Crippen molar-refractivity contribution in [3.8, 4) is 11.5 Å². The van der Waals surface area contributed by atoms with Gasteiger partial charge in [-0.1, -0.05) is 30.3 Å². The second-order valence-corrected chi connectivity index (χ2v) is 7.94. The summed E-state index contributed by atoms with van der Waals surface area (Å²) < 4.78 is 8.20. The van der Waals surface area contributed by atoms with E-state index in [2.05, 4.69) is 15.1 Å². The fourth-order valence-electron chi connectivity index (χ4n) is 3.97. The Morgan fingerprint density at radius 1 is 1.09 bits per heavy atom. The van der Waals surface area contributed by atoms with Gasteiger partial charge in [-0.3, -0.25) is 9.69 Å². The number of rotatable bonds is 0. The molecule has 0 saturated heterocycles. The predicted molar refractivity (Wildman–Crippen MR) is 123 cm³/mol. The van der Waals surface area contributed by atoms with Crippen LogP contribution in [0.5, 0.6) is 11.5 Å². The summed E-state index contributed by atoms with van der Waals surface area (Å²) in [6, 6.07) is 17.1. The van der Waals surface area contributed by atoms with E-state index in [0.29, 0.717) is 30.3 Å². The lowest BCUT2D eigenvalue weighted by molar-refractivity contribution is -0.117. The zero-order chi connectivity index (χ0) is 22.1. The third kappa shape index (κ3) is 3.92. The molecule has 1 amide bonds. The van der Waals surface area contributed by atoms with Gasteiger partial charge in [0.2, 0.25) is 11.6 Å². The maximum absolute atomic E-state index is 12.7. The number of carbonyl (C=O) groups is 1. The Morgan fingerprint density at radius 2 is 2.00 bits per heavy atom. The Kier molecular flexibility index (Phi) is 5.06. The number of ether oxygens (including phenoxy) is 1. The van der Waals surface area contributed by atoms with Crippen LogP contribution in [-0.4, -0.2) is 34.0 Å². The van der Waals surface area contributed by atoms with Crippen LogP contribution in [0.2, 0.25) is 0 Å². The second kappa shape index (κ2) is 8.17. The molecule has 0 fully saturated rings. The van der Waals surface area contributed by atoms with Crippen molar-refractivity contribution in [2.24, 2.45) is 0 Å².